The summed E-state index contributed by atoms with van der Waals surface area (Å²) in [7, 11) is 0. The molecule has 0 nitrogen and oxygen atoms in total. The Balaban J connectivity index is 3.61. The normalized spacial score (nSPS) is 13.1. The van der Waals surface area contributed by atoms with Crippen LogP contribution in [0.5, 0.6) is 0 Å². The molecule has 0 radical (unpaired) electrons. The van der Waals surface area contributed by atoms with Crippen LogP contribution in [-0.2, 0) is 0 Å². The molecule has 0 atom stereocenters. The van der Waals surface area contributed by atoms with Crippen molar-refractivity contribution >= 4 is 0 Å². The first-order valence-electron chi connectivity index (χ1n) is 5.23. The molecule has 0 unspecified atom stereocenters. The van der Waals surface area contributed by atoms with E-state index in [1.54, 1.807) is 5.57 Å². The molecule has 72 valence electrons. The molecular formula is C12H24. The van der Waals surface area contributed by atoms with Crippen LogP contribution in [0.25, 0.3) is 0 Å². The van der Waals surface area contributed by atoms with Gasteiger partial charge >= 0.3 is 0 Å². The number of rotatable bonds is 5. The minimum Gasteiger partial charge on any atom is -0.0882 e. The van der Waals surface area contributed by atoms with Crippen LogP contribution >= 0.6 is 0 Å². The second kappa shape index (κ2) is 6.28. The average molecular weight is 168 g/mol. The number of hydrogen-bond acceptors (Lipinski definition) is 0. The molecule has 0 heterocycles. The van der Waals surface area contributed by atoms with Gasteiger partial charge in [0, 0.05) is 0 Å². The van der Waals surface area contributed by atoms with Crippen LogP contribution in [0.15, 0.2) is 11.6 Å². The molecule has 0 aliphatic rings. The third-order valence-corrected chi connectivity index (χ3v) is 2.36. The van der Waals surface area contributed by atoms with Gasteiger partial charge in [0.05, 0.1) is 0 Å². The lowest BCUT2D eigenvalue weighted by Gasteiger charge is -2.11. The lowest BCUT2D eigenvalue weighted by molar-refractivity contribution is 0.541. The summed E-state index contributed by atoms with van der Waals surface area (Å²) >= 11 is 0. The Kier molecular flexibility index (Phi) is 6.14. The highest BCUT2D eigenvalue weighted by atomic mass is 14.1. The zero-order valence-electron chi connectivity index (χ0n) is 9.35. The first kappa shape index (κ1) is 11.7. The smallest absolute Gasteiger partial charge is 0.0260 e. The third kappa shape index (κ3) is 5.40. The van der Waals surface area contributed by atoms with Gasteiger partial charge in [0.2, 0.25) is 0 Å². The Morgan fingerprint density at radius 3 is 2.08 bits per heavy atom. The highest BCUT2D eigenvalue weighted by Crippen LogP contribution is 2.18. The SMILES string of the molecule is CC=C(CCCC(C)C)C(C)C. The molecule has 0 N–H and O–H groups in total. The highest BCUT2D eigenvalue weighted by molar-refractivity contribution is 5.02. The Labute approximate surface area is 78.1 Å². The Hall–Kier alpha value is -0.260. The van der Waals surface area contributed by atoms with E-state index in [2.05, 4.69) is 40.7 Å². The van der Waals surface area contributed by atoms with E-state index in [4.69, 9.17) is 0 Å². The zero-order valence-corrected chi connectivity index (χ0v) is 9.35. The summed E-state index contributed by atoms with van der Waals surface area (Å²) in [4.78, 5) is 0. The lowest BCUT2D eigenvalue weighted by atomic mass is 9.95. The van der Waals surface area contributed by atoms with Gasteiger partial charge < -0.3 is 0 Å². The fraction of sp³-hybridized carbons (Fsp3) is 0.833. The van der Waals surface area contributed by atoms with Gasteiger partial charge in [-0.15, -0.1) is 0 Å². The highest BCUT2D eigenvalue weighted by Gasteiger charge is 2.02. The molecule has 0 aliphatic carbocycles. The lowest BCUT2D eigenvalue weighted by Crippen LogP contribution is -1.95. The van der Waals surface area contributed by atoms with Crippen molar-refractivity contribution in [1.29, 1.82) is 0 Å². The van der Waals surface area contributed by atoms with Crippen LogP contribution < -0.4 is 0 Å². The molecule has 0 spiro atoms. The summed E-state index contributed by atoms with van der Waals surface area (Å²) in [5, 5.41) is 0. The Bertz CT molecular complexity index is 129. The van der Waals surface area contributed by atoms with E-state index in [-0.39, 0.29) is 0 Å². The van der Waals surface area contributed by atoms with Crippen molar-refractivity contribution in [3.8, 4) is 0 Å². The summed E-state index contributed by atoms with van der Waals surface area (Å²) in [6.45, 7) is 11.3. The molecule has 12 heavy (non-hydrogen) atoms. The van der Waals surface area contributed by atoms with Crippen LogP contribution in [0.3, 0.4) is 0 Å². The third-order valence-electron chi connectivity index (χ3n) is 2.36. The van der Waals surface area contributed by atoms with Gasteiger partial charge in [-0.25, -0.2) is 0 Å². The van der Waals surface area contributed by atoms with E-state index < -0.39 is 0 Å². The molecule has 0 aliphatic heterocycles. The topological polar surface area (TPSA) is 0 Å². The average Bonchev–Trinajstić information content (AvgIpc) is 1.96. The molecule has 0 fully saturated rings. The largest absolute Gasteiger partial charge is 0.0882 e. The molecule has 0 amide bonds. The second-order valence-corrected chi connectivity index (χ2v) is 4.30. The van der Waals surface area contributed by atoms with Crippen molar-refractivity contribution in [1.82, 2.24) is 0 Å². The summed E-state index contributed by atoms with van der Waals surface area (Å²) < 4.78 is 0. The number of allylic oxidation sites excluding steroid dienone is 2. The van der Waals surface area contributed by atoms with Crippen molar-refractivity contribution in [2.24, 2.45) is 11.8 Å². The summed E-state index contributed by atoms with van der Waals surface area (Å²) in [6, 6.07) is 0. The van der Waals surface area contributed by atoms with Crippen molar-refractivity contribution in [3.63, 3.8) is 0 Å². The van der Waals surface area contributed by atoms with Gasteiger partial charge in [0.1, 0.15) is 0 Å². The maximum atomic E-state index is 2.30. The molecule has 0 bridgehead atoms. The summed E-state index contributed by atoms with van der Waals surface area (Å²) in [5.41, 5.74) is 1.62. The minimum atomic E-state index is 0.738. The van der Waals surface area contributed by atoms with Gasteiger partial charge in [-0.1, -0.05) is 45.8 Å². The maximum absolute atomic E-state index is 2.30. The number of hydrogen-bond donors (Lipinski definition) is 0. The molecule has 0 aromatic rings. The van der Waals surface area contributed by atoms with E-state index in [0.717, 1.165) is 11.8 Å². The fourth-order valence-electron chi connectivity index (χ4n) is 1.48. The van der Waals surface area contributed by atoms with Crippen molar-refractivity contribution in [2.45, 2.75) is 53.9 Å². The molecule has 0 heteroatoms. The Morgan fingerprint density at radius 1 is 1.17 bits per heavy atom. The van der Waals surface area contributed by atoms with E-state index >= 15 is 0 Å². The molecule has 0 aromatic carbocycles. The minimum absolute atomic E-state index is 0.738. The van der Waals surface area contributed by atoms with Crippen LogP contribution in [0.1, 0.15) is 53.9 Å². The first-order chi connectivity index (χ1) is 5.57. The zero-order chi connectivity index (χ0) is 9.56. The molecule has 0 aromatic heterocycles. The maximum Gasteiger partial charge on any atom is -0.0260 e. The Morgan fingerprint density at radius 2 is 1.75 bits per heavy atom. The van der Waals surface area contributed by atoms with Gasteiger partial charge in [-0.3, -0.25) is 0 Å². The van der Waals surface area contributed by atoms with Gasteiger partial charge in [-0.2, -0.15) is 0 Å². The second-order valence-electron chi connectivity index (χ2n) is 4.30. The van der Waals surface area contributed by atoms with Crippen molar-refractivity contribution < 1.29 is 0 Å². The monoisotopic (exact) mass is 168 g/mol. The van der Waals surface area contributed by atoms with Crippen LogP contribution in [-0.4, -0.2) is 0 Å². The predicted octanol–water partition coefficient (Wildman–Crippen LogP) is 4.42. The van der Waals surface area contributed by atoms with Crippen LogP contribution in [0.4, 0.5) is 0 Å². The van der Waals surface area contributed by atoms with E-state index in [0.29, 0.717) is 0 Å². The van der Waals surface area contributed by atoms with Crippen molar-refractivity contribution in [2.75, 3.05) is 0 Å². The van der Waals surface area contributed by atoms with Gasteiger partial charge in [0.15, 0.2) is 0 Å². The van der Waals surface area contributed by atoms with Gasteiger partial charge in [-0.05, 0) is 31.6 Å². The molecule has 0 saturated carbocycles. The van der Waals surface area contributed by atoms with E-state index in [9.17, 15) is 0 Å². The molecular weight excluding hydrogens is 144 g/mol. The molecule has 0 rings (SSSR count). The predicted molar refractivity (Wildman–Crippen MR) is 57.3 cm³/mol. The van der Waals surface area contributed by atoms with Gasteiger partial charge in [0.25, 0.3) is 0 Å². The quantitative estimate of drug-likeness (QED) is 0.533. The van der Waals surface area contributed by atoms with Crippen LogP contribution in [0, 0.1) is 11.8 Å². The van der Waals surface area contributed by atoms with Crippen molar-refractivity contribution in [3.05, 3.63) is 11.6 Å². The fourth-order valence-corrected chi connectivity index (χ4v) is 1.48. The summed E-state index contributed by atoms with van der Waals surface area (Å²) in [5.74, 6) is 1.59. The van der Waals surface area contributed by atoms with Crippen LogP contribution in [0.2, 0.25) is 0 Å². The standard InChI is InChI=1S/C12H24/c1-6-12(11(4)5)9-7-8-10(2)3/h6,10-11H,7-9H2,1-5H3. The molecule has 0 saturated heterocycles. The summed E-state index contributed by atoms with van der Waals surface area (Å²) in [6.07, 6.45) is 6.30. The first-order valence-corrected chi connectivity index (χ1v) is 5.23. The van der Waals surface area contributed by atoms with E-state index in [1.807, 2.05) is 0 Å². The van der Waals surface area contributed by atoms with E-state index in [1.165, 1.54) is 19.3 Å².